The van der Waals surface area contributed by atoms with Crippen LogP contribution in [0.3, 0.4) is 0 Å². The van der Waals surface area contributed by atoms with Gasteiger partial charge in [0.2, 0.25) is 5.91 Å². The highest BCUT2D eigenvalue weighted by Crippen LogP contribution is 2.29. The zero-order valence-corrected chi connectivity index (χ0v) is 16.1. The summed E-state index contributed by atoms with van der Waals surface area (Å²) in [6.07, 6.45) is 0. The van der Waals surface area contributed by atoms with Crippen molar-refractivity contribution in [3.8, 4) is 0 Å². The first-order valence-electron chi connectivity index (χ1n) is 8.46. The number of carbonyl (C=O) groups excluding carboxylic acids is 1. The number of benzene rings is 2. The summed E-state index contributed by atoms with van der Waals surface area (Å²) in [6, 6.07) is 12.6. The maximum Gasteiger partial charge on any atom is 0.274 e. The molecule has 3 rings (SSSR count). The lowest BCUT2D eigenvalue weighted by Crippen LogP contribution is -2.32. The van der Waals surface area contributed by atoms with Crippen LogP contribution in [0.4, 0.5) is 11.4 Å². The topological polar surface area (TPSA) is 88.4 Å². The number of anilines is 1. The highest BCUT2D eigenvalue weighted by molar-refractivity contribution is 7.18. The maximum absolute atomic E-state index is 12.4. The molecular weight excluding hydrogens is 364 g/mol. The van der Waals surface area contributed by atoms with Crippen LogP contribution in [0, 0.1) is 17.0 Å². The minimum Gasteiger partial charge on any atom is -0.324 e. The molecule has 1 heterocycles. The predicted molar refractivity (Wildman–Crippen MR) is 107 cm³/mol. The fraction of sp³-hybridized carbons (Fsp3) is 0.263. The van der Waals surface area contributed by atoms with Gasteiger partial charge in [-0.25, -0.2) is 4.98 Å². The monoisotopic (exact) mass is 384 g/mol. The average Bonchev–Trinajstić information content (AvgIpc) is 3.06. The third-order valence-corrected chi connectivity index (χ3v) is 5.70. The van der Waals surface area contributed by atoms with Gasteiger partial charge in [0.15, 0.2) is 0 Å². The van der Waals surface area contributed by atoms with Crippen LogP contribution in [0.1, 0.15) is 23.5 Å². The Hall–Kier alpha value is -2.84. The number of amides is 1. The molecule has 1 atom stereocenters. The molecule has 3 aromatic rings. The molecule has 0 unspecified atom stereocenters. The average molecular weight is 384 g/mol. The number of rotatable bonds is 6. The smallest absolute Gasteiger partial charge is 0.274 e. The number of aromatic nitrogens is 1. The normalized spacial score (nSPS) is 12.3. The number of para-hydroxylation sites is 1. The fourth-order valence-corrected chi connectivity index (χ4v) is 3.85. The lowest BCUT2D eigenvalue weighted by molar-refractivity contribution is -0.385. The lowest BCUT2D eigenvalue weighted by atomic mass is 10.1. The summed E-state index contributed by atoms with van der Waals surface area (Å²) in [6.45, 7) is 3.78. The van der Waals surface area contributed by atoms with Crippen molar-refractivity contribution in [2.45, 2.75) is 19.9 Å². The van der Waals surface area contributed by atoms with Crippen LogP contribution in [0.5, 0.6) is 0 Å². The standard InChI is InChI=1S/C19H20N4O3S/c1-12-14(8-6-9-16(12)23(25)26)20-18(24)11-22(3)13(2)19-21-15-7-4-5-10-17(15)27-19/h4-10,13H,11H2,1-3H3,(H,20,24)/t13-/m0/s1. The first-order chi connectivity index (χ1) is 12.9. The Morgan fingerprint density at radius 2 is 2.04 bits per heavy atom. The summed E-state index contributed by atoms with van der Waals surface area (Å²) in [5, 5.41) is 14.7. The van der Waals surface area contributed by atoms with Crippen molar-refractivity contribution in [2.75, 3.05) is 18.9 Å². The van der Waals surface area contributed by atoms with Crippen LogP contribution < -0.4 is 5.32 Å². The molecule has 27 heavy (non-hydrogen) atoms. The van der Waals surface area contributed by atoms with E-state index in [-0.39, 0.29) is 24.2 Å². The molecule has 0 spiro atoms. The van der Waals surface area contributed by atoms with Gasteiger partial charge in [0.05, 0.1) is 39.0 Å². The summed E-state index contributed by atoms with van der Waals surface area (Å²) in [7, 11) is 1.86. The summed E-state index contributed by atoms with van der Waals surface area (Å²) in [5.74, 6) is -0.228. The molecule has 0 aliphatic heterocycles. The molecule has 0 aliphatic carbocycles. The second kappa shape index (κ2) is 7.81. The van der Waals surface area contributed by atoms with Gasteiger partial charge in [-0.2, -0.15) is 0 Å². The lowest BCUT2D eigenvalue weighted by Gasteiger charge is -2.22. The van der Waals surface area contributed by atoms with Crippen molar-refractivity contribution >= 4 is 38.8 Å². The third kappa shape index (κ3) is 4.12. The van der Waals surface area contributed by atoms with E-state index in [4.69, 9.17) is 0 Å². The van der Waals surface area contributed by atoms with Gasteiger partial charge in [-0.1, -0.05) is 18.2 Å². The van der Waals surface area contributed by atoms with Crippen LogP contribution in [-0.4, -0.2) is 34.3 Å². The minimum atomic E-state index is -0.452. The number of nitrogens with zero attached hydrogens (tertiary/aromatic N) is 3. The molecule has 0 bridgehead atoms. The molecule has 0 aliphatic rings. The second-order valence-corrected chi connectivity index (χ2v) is 7.43. The number of hydrogen-bond donors (Lipinski definition) is 1. The summed E-state index contributed by atoms with van der Waals surface area (Å²) >= 11 is 1.61. The van der Waals surface area contributed by atoms with E-state index >= 15 is 0 Å². The van der Waals surface area contributed by atoms with Gasteiger partial charge in [0, 0.05) is 6.07 Å². The molecule has 7 nitrogen and oxygen atoms in total. The zero-order valence-electron chi connectivity index (χ0n) is 15.3. The number of carbonyl (C=O) groups is 1. The zero-order chi connectivity index (χ0) is 19.6. The maximum atomic E-state index is 12.4. The Balaban J connectivity index is 1.68. The minimum absolute atomic E-state index is 0.0102. The number of likely N-dealkylation sites (N-methyl/N-ethyl adjacent to an activating group) is 1. The molecule has 8 heteroatoms. The highest BCUT2D eigenvalue weighted by Gasteiger charge is 2.20. The molecule has 0 saturated carbocycles. The van der Waals surface area contributed by atoms with Gasteiger partial charge in [-0.15, -0.1) is 11.3 Å². The van der Waals surface area contributed by atoms with E-state index in [9.17, 15) is 14.9 Å². The molecule has 1 amide bonds. The number of thiazole rings is 1. The van der Waals surface area contributed by atoms with E-state index in [2.05, 4.69) is 10.3 Å². The van der Waals surface area contributed by atoms with Gasteiger partial charge < -0.3 is 5.32 Å². The molecule has 0 radical (unpaired) electrons. The van der Waals surface area contributed by atoms with Gasteiger partial charge >= 0.3 is 0 Å². The van der Waals surface area contributed by atoms with Crippen LogP contribution in [0.2, 0.25) is 0 Å². The van der Waals surface area contributed by atoms with Crippen molar-refractivity contribution in [2.24, 2.45) is 0 Å². The molecule has 140 valence electrons. The van der Waals surface area contributed by atoms with Gasteiger partial charge in [0.1, 0.15) is 5.01 Å². The van der Waals surface area contributed by atoms with Crippen molar-refractivity contribution in [1.29, 1.82) is 0 Å². The molecule has 1 aromatic heterocycles. The van der Waals surface area contributed by atoms with E-state index in [0.717, 1.165) is 15.2 Å². The summed E-state index contributed by atoms with van der Waals surface area (Å²) in [5.41, 5.74) is 1.84. The number of nitrogens with one attached hydrogen (secondary N) is 1. The van der Waals surface area contributed by atoms with Crippen molar-refractivity contribution < 1.29 is 9.72 Å². The van der Waals surface area contributed by atoms with Crippen molar-refractivity contribution in [1.82, 2.24) is 9.88 Å². The molecule has 0 saturated heterocycles. The van der Waals surface area contributed by atoms with Crippen LogP contribution in [0.15, 0.2) is 42.5 Å². The number of hydrogen-bond acceptors (Lipinski definition) is 6. The Morgan fingerprint density at radius 1 is 1.30 bits per heavy atom. The number of fused-ring (bicyclic) bond motifs is 1. The van der Waals surface area contributed by atoms with Crippen LogP contribution in [0.25, 0.3) is 10.2 Å². The Bertz CT molecular complexity index is 969. The Morgan fingerprint density at radius 3 is 2.74 bits per heavy atom. The van der Waals surface area contributed by atoms with Crippen LogP contribution in [-0.2, 0) is 4.79 Å². The second-order valence-electron chi connectivity index (χ2n) is 6.37. The third-order valence-electron chi connectivity index (χ3n) is 4.50. The first-order valence-corrected chi connectivity index (χ1v) is 9.28. The quantitative estimate of drug-likeness (QED) is 0.510. The molecule has 1 N–H and O–H groups in total. The SMILES string of the molecule is Cc1c(NC(=O)CN(C)[C@@H](C)c2nc3ccccc3s2)cccc1[N+](=O)[O-]. The van der Waals surface area contributed by atoms with E-state index in [0.29, 0.717) is 11.3 Å². The number of nitro groups is 1. The van der Waals surface area contributed by atoms with Gasteiger partial charge in [-0.05, 0) is 39.1 Å². The van der Waals surface area contributed by atoms with Gasteiger partial charge in [0.25, 0.3) is 5.69 Å². The van der Waals surface area contributed by atoms with E-state index in [1.54, 1.807) is 30.4 Å². The van der Waals surface area contributed by atoms with E-state index in [1.807, 2.05) is 43.1 Å². The highest BCUT2D eigenvalue weighted by atomic mass is 32.1. The summed E-state index contributed by atoms with van der Waals surface area (Å²) in [4.78, 5) is 29.6. The van der Waals surface area contributed by atoms with E-state index in [1.165, 1.54) is 6.07 Å². The van der Waals surface area contributed by atoms with Crippen molar-refractivity contribution in [3.05, 3.63) is 63.1 Å². The van der Waals surface area contributed by atoms with Crippen molar-refractivity contribution in [3.63, 3.8) is 0 Å². The summed E-state index contributed by atoms with van der Waals surface area (Å²) < 4.78 is 1.12. The molecule has 2 aromatic carbocycles. The predicted octanol–water partition coefficient (Wildman–Crippen LogP) is 4.14. The molecular formula is C19H20N4O3S. The first kappa shape index (κ1) is 18.9. The van der Waals surface area contributed by atoms with Gasteiger partial charge in [-0.3, -0.25) is 19.8 Å². The fourth-order valence-electron chi connectivity index (χ4n) is 2.77. The van der Waals surface area contributed by atoms with E-state index < -0.39 is 4.92 Å². The largest absolute Gasteiger partial charge is 0.324 e. The Labute approximate surface area is 160 Å². The Kier molecular flexibility index (Phi) is 5.48. The molecule has 0 fully saturated rings. The van der Waals surface area contributed by atoms with Crippen LogP contribution >= 0.6 is 11.3 Å². The number of nitro benzene ring substituents is 1.